The summed E-state index contributed by atoms with van der Waals surface area (Å²) in [7, 11) is 0. The first-order valence-corrected chi connectivity index (χ1v) is 6.75. The summed E-state index contributed by atoms with van der Waals surface area (Å²) in [5.41, 5.74) is 4.70. The second-order valence-corrected chi connectivity index (χ2v) is 4.69. The third kappa shape index (κ3) is 6.44. The summed E-state index contributed by atoms with van der Waals surface area (Å²) in [5, 5.41) is 26.0. The Kier molecular flexibility index (Phi) is 9.26. The van der Waals surface area contributed by atoms with Gasteiger partial charge >= 0.3 is 39.0 Å². The summed E-state index contributed by atoms with van der Waals surface area (Å²) in [6.07, 6.45) is 1.75. The molecule has 1 aromatic carbocycles. The third-order valence-electron chi connectivity index (χ3n) is 2.89. The van der Waals surface area contributed by atoms with Crippen LogP contribution in [0.1, 0.15) is 49.7 Å². The smallest absolute Gasteiger partial charge is 0.478 e. The fourth-order valence-electron chi connectivity index (χ4n) is 1.78. The molecule has 0 aliphatic heterocycles. The molecule has 2 aromatic rings. The van der Waals surface area contributed by atoms with E-state index in [2.05, 4.69) is 4.98 Å². The number of nitrogens with two attached hydrogens (primary N) is 1. The van der Waals surface area contributed by atoms with E-state index < -0.39 is 34.6 Å². The van der Waals surface area contributed by atoms with Crippen LogP contribution in [0.15, 0.2) is 42.6 Å². The van der Waals surface area contributed by atoms with Gasteiger partial charge in [-0.2, -0.15) is 0 Å². The average molecular weight is 527 g/mol. The maximum atomic E-state index is 10.7. The number of rotatable bonds is 4. The van der Waals surface area contributed by atoms with Crippen LogP contribution in [-0.2, 0) is 21.1 Å². The molecule has 9 heteroatoms. The van der Waals surface area contributed by atoms with E-state index in [0.29, 0.717) is 0 Å². The Morgan fingerprint density at radius 3 is 1.72 bits per heavy atom. The van der Waals surface area contributed by atoms with Gasteiger partial charge < -0.3 is 21.1 Å². The largest absolute Gasteiger partial charge is 2.00 e. The number of hydrogen-bond acceptors (Lipinski definition) is 5. The van der Waals surface area contributed by atoms with E-state index in [-0.39, 0.29) is 27.1 Å². The Morgan fingerprint density at radius 1 is 0.920 bits per heavy atom. The van der Waals surface area contributed by atoms with Crippen LogP contribution < -0.4 is 5.73 Å². The average Bonchev–Trinajstić information content (AvgIpc) is 2.55. The molecule has 0 fully saturated rings. The molecule has 2 rings (SSSR count). The van der Waals surface area contributed by atoms with Crippen molar-refractivity contribution in [1.29, 1.82) is 0 Å². The molecule has 0 bridgehead atoms. The summed E-state index contributed by atoms with van der Waals surface area (Å²) >= 11 is 0. The molecule has 134 valence electrons. The van der Waals surface area contributed by atoms with Crippen molar-refractivity contribution >= 4 is 17.9 Å². The number of carboxylic acids is 3. The molecule has 0 radical (unpaired) electrons. The van der Waals surface area contributed by atoms with Crippen molar-refractivity contribution in [3.05, 3.63) is 65.0 Å². The predicted molar refractivity (Wildman–Crippen MR) is 84.2 cm³/mol. The molecule has 1 unspecified atom stereocenters. The van der Waals surface area contributed by atoms with Gasteiger partial charge in [0.05, 0.1) is 22.4 Å². The topological polar surface area (TPSA) is 151 Å². The Labute approximate surface area is 157 Å². The number of aromatic nitrogens is 1. The van der Waals surface area contributed by atoms with Gasteiger partial charge in [0.25, 0.3) is 0 Å². The Balaban J connectivity index is 0.000000495. The fourth-order valence-corrected chi connectivity index (χ4v) is 1.78. The van der Waals surface area contributed by atoms with Crippen molar-refractivity contribution in [1.82, 2.24) is 4.98 Å². The molecule has 1 atom stereocenters. The monoisotopic (exact) mass is 527 g/mol. The summed E-state index contributed by atoms with van der Waals surface area (Å²) in [6, 6.07) is 9.05. The number of pyridine rings is 1. The van der Waals surface area contributed by atoms with Crippen LogP contribution in [0.3, 0.4) is 0 Å². The van der Waals surface area contributed by atoms with Crippen LogP contribution in [0, 0.1) is 0 Å². The van der Waals surface area contributed by atoms with Crippen molar-refractivity contribution in [2.45, 2.75) is 13.0 Å². The summed E-state index contributed by atoms with van der Waals surface area (Å²) < 4.78 is 0. The molecule has 0 saturated carbocycles. The van der Waals surface area contributed by atoms with Gasteiger partial charge in [0.1, 0.15) is 0 Å². The minimum Gasteiger partial charge on any atom is -0.478 e. The third-order valence-corrected chi connectivity index (χ3v) is 2.89. The number of nitrogens with zero attached hydrogens (tertiary/aromatic N) is 1. The molecule has 0 spiro atoms. The van der Waals surface area contributed by atoms with E-state index in [0.717, 1.165) is 17.8 Å². The Morgan fingerprint density at radius 2 is 1.44 bits per heavy atom. The summed E-state index contributed by atoms with van der Waals surface area (Å²) in [6.45, 7) is 1.92. The maximum absolute atomic E-state index is 10.7. The first kappa shape index (κ1) is 22.4. The van der Waals surface area contributed by atoms with Gasteiger partial charge in [-0.1, -0.05) is 12.1 Å². The van der Waals surface area contributed by atoms with Crippen molar-refractivity contribution in [3.63, 3.8) is 0 Å². The standard InChI is InChI=1S/C9H6O6.C7H10N2.Pt/c10-7(11)4-2-1-3-5(8(12)13)6(4)9(14)15;1-6(8)7-4-2-3-5-9-7;/h1-3H,(H,10,11)(H,12,13)(H,14,15);2-6H,8H2,1H3;/q;;+2. The Hall–Kier alpha value is -2.57. The summed E-state index contributed by atoms with van der Waals surface area (Å²) in [5.74, 6) is -4.53. The molecule has 0 amide bonds. The van der Waals surface area contributed by atoms with Gasteiger partial charge in [-0.15, -0.1) is 0 Å². The molecule has 1 heterocycles. The van der Waals surface area contributed by atoms with Gasteiger partial charge in [-0.25, -0.2) is 14.4 Å². The maximum Gasteiger partial charge on any atom is 2.00 e. The van der Waals surface area contributed by atoms with E-state index >= 15 is 0 Å². The van der Waals surface area contributed by atoms with E-state index in [9.17, 15) is 14.4 Å². The van der Waals surface area contributed by atoms with Crippen molar-refractivity contribution in [3.8, 4) is 0 Å². The van der Waals surface area contributed by atoms with Crippen molar-refractivity contribution in [2.75, 3.05) is 0 Å². The number of hydrogen-bond donors (Lipinski definition) is 4. The Bertz CT molecular complexity index is 717. The van der Waals surface area contributed by atoms with E-state index in [4.69, 9.17) is 21.1 Å². The van der Waals surface area contributed by atoms with Crippen molar-refractivity contribution in [2.24, 2.45) is 5.73 Å². The molecule has 1 aromatic heterocycles. The number of benzene rings is 1. The second kappa shape index (κ2) is 10.3. The van der Waals surface area contributed by atoms with Gasteiger partial charge in [-0.3, -0.25) is 4.98 Å². The molecular formula is C16H16N2O6Pt+2. The molecule has 25 heavy (non-hydrogen) atoms. The molecule has 5 N–H and O–H groups in total. The number of carbonyl (C=O) groups is 3. The molecule has 0 aliphatic rings. The minimum atomic E-state index is -1.58. The minimum absolute atomic E-state index is 0. The van der Waals surface area contributed by atoms with Crippen LogP contribution in [0.5, 0.6) is 0 Å². The van der Waals surface area contributed by atoms with E-state index in [1.54, 1.807) is 6.20 Å². The van der Waals surface area contributed by atoms with E-state index in [1.165, 1.54) is 6.07 Å². The zero-order valence-electron chi connectivity index (χ0n) is 13.0. The van der Waals surface area contributed by atoms with Crippen LogP contribution in [0.4, 0.5) is 0 Å². The first-order chi connectivity index (χ1) is 11.3. The first-order valence-electron chi connectivity index (χ1n) is 6.75. The number of aromatic carboxylic acids is 3. The normalized spacial score (nSPS) is 10.5. The van der Waals surface area contributed by atoms with Crippen LogP contribution >= 0.6 is 0 Å². The van der Waals surface area contributed by atoms with Crippen LogP contribution in [0.25, 0.3) is 0 Å². The van der Waals surface area contributed by atoms with Gasteiger partial charge in [0, 0.05) is 12.2 Å². The SMILES string of the molecule is CC(N)c1ccccn1.O=C(O)c1cccc(C(=O)O)c1C(=O)O.[Pt+2]. The zero-order valence-corrected chi connectivity index (χ0v) is 15.3. The molecule has 0 aliphatic carbocycles. The summed E-state index contributed by atoms with van der Waals surface area (Å²) in [4.78, 5) is 36.1. The zero-order chi connectivity index (χ0) is 18.3. The molecule has 8 nitrogen and oxygen atoms in total. The van der Waals surface area contributed by atoms with E-state index in [1.807, 2.05) is 25.1 Å². The fraction of sp³-hybridized carbons (Fsp3) is 0.125. The van der Waals surface area contributed by atoms with Crippen LogP contribution in [0.2, 0.25) is 0 Å². The quantitative estimate of drug-likeness (QED) is 0.471. The number of carboxylic acid groups (broad SMARTS) is 3. The second-order valence-electron chi connectivity index (χ2n) is 4.69. The van der Waals surface area contributed by atoms with Crippen molar-refractivity contribution < 1.29 is 50.8 Å². The predicted octanol–water partition coefficient (Wildman–Crippen LogP) is 1.88. The van der Waals surface area contributed by atoms with Gasteiger partial charge in [-0.05, 0) is 31.2 Å². The molecular weight excluding hydrogens is 511 g/mol. The van der Waals surface area contributed by atoms with Gasteiger partial charge in [0.2, 0.25) is 0 Å². The van der Waals surface area contributed by atoms with Crippen LogP contribution in [-0.4, -0.2) is 38.2 Å². The van der Waals surface area contributed by atoms with Gasteiger partial charge in [0.15, 0.2) is 0 Å². The molecule has 0 saturated heterocycles.